The summed E-state index contributed by atoms with van der Waals surface area (Å²) in [5.41, 5.74) is 0. The van der Waals surface area contributed by atoms with Crippen molar-refractivity contribution in [1.82, 2.24) is 0 Å². The average molecular weight is 170 g/mol. The first kappa shape index (κ1) is 5.71. The molecule has 2 heteroatoms. The minimum absolute atomic E-state index is 0.233. The predicted molar refractivity (Wildman–Crippen MR) is 35.3 cm³/mol. The van der Waals surface area contributed by atoms with Crippen LogP contribution in [-0.2, 0) is 0 Å². The molecular weight excluding hydrogens is 165 g/mol. The molecule has 1 rings (SSSR count). The molecule has 8 heavy (non-hydrogen) atoms. The van der Waals surface area contributed by atoms with E-state index in [9.17, 15) is 0 Å². The normalized spacial score (nSPS) is 16.5. The Labute approximate surface area is 56.2 Å². The zero-order chi connectivity index (χ0) is 5.82. The summed E-state index contributed by atoms with van der Waals surface area (Å²) in [6.45, 7) is 0. The van der Waals surface area contributed by atoms with Crippen molar-refractivity contribution >= 4 is 20.3 Å². The summed E-state index contributed by atoms with van der Waals surface area (Å²) in [6.07, 6.45) is 7.96. The Hall–Kier alpha value is -0.421. The Morgan fingerprint density at radius 2 is 2.00 bits per heavy atom. The molecule has 0 fully saturated rings. The Bertz CT molecular complexity index is 163. The van der Waals surface area contributed by atoms with Gasteiger partial charge in [-0.3, -0.25) is 0 Å². The van der Waals surface area contributed by atoms with Gasteiger partial charge in [0.2, 0.25) is 0 Å². The molecule has 0 unspecified atom stereocenters. The molecule has 0 spiro atoms. The number of hydrogen-bond acceptors (Lipinski definition) is 1. The number of rotatable bonds is 1. The van der Waals surface area contributed by atoms with Gasteiger partial charge < -0.3 is 0 Å². The van der Waals surface area contributed by atoms with E-state index in [2.05, 4.69) is 25.3 Å². The van der Waals surface area contributed by atoms with Crippen LogP contribution in [0.15, 0.2) is 29.3 Å². The molecule has 40 valence electrons. The van der Waals surface area contributed by atoms with E-state index in [-0.39, 0.29) is 6.04 Å². The van der Waals surface area contributed by atoms with Crippen LogP contribution in [0.4, 0.5) is 0 Å². The van der Waals surface area contributed by atoms with Crippen molar-refractivity contribution in [2.75, 3.05) is 0 Å². The zero-order valence-electron chi connectivity index (χ0n) is 4.24. The number of aliphatic imine (C=N–C) groups is 1. The van der Waals surface area contributed by atoms with Gasteiger partial charge in [0.25, 0.3) is 0 Å². The van der Waals surface area contributed by atoms with Crippen molar-refractivity contribution in [3.05, 3.63) is 24.3 Å². The molecular formula is C6H5NSe. The molecule has 0 aromatic heterocycles. The summed E-state index contributed by atoms with van der Waals surface area (Å²) in [6, 6.07) is 0.233. The van der Waals surface area contributed by atoms with E-state index in [1.165, 1.54) is 0 Å². The Morgan fingerprint density at radius 3 is 2.50 bits per heavy atom. The summed E-state index contributed by atoms with van der Waals surface area (Å²) in [5.74, 6) is 0. The van der Waals surface area contributed by atoms with Gasteiger partial charge in [-0.25, -0.2) is 0 Å². The van der Waals surface area contributed by atoms with Crippen molar-refractivity contribution in [3.63, 3.8) is 0 Å². The number of nitrogens with zero attached hydrogens (tertiary/aromatic N) is 1. The van der Waals surface area contributed by atoms with Gasteiger partial charge in [0.15, 0.2) is 0 Å². The fourth-order valence-electron chi connectivity index (χ4n) is 0.567. The predicted octanol–water partition coefficient (Wildman–Crippen LogP) is 0.555. The van der Waals surface area contributed by atoms with Gasteiger partial charge in [-0.05, 0) is 0 Å². The third-order valence-electron chi connectivity index (χ3n) is 0.929. The second-order valence-corrected chi connectivity index (χ2v) is 1.86. The van der Waals surface area contributed by atoms with Crippen LogP contribution in [-0.4, -0.2) is 26.3 Å². The molecule has 1 aliphatic carbocycles. The van der Waals surface area contributed by atoms with Gasteiger partial charge in [-0.2, -0.15) is 0 Å². The van der Waals surface area contributed by atoms with E-state index in [1.54, 1.807) is 0 Å². The topological polar surface area (TPSA) is 12.4 Å². The molecule has 0 bridgehead atoms. The first-order valence-corrected chi connectivity index (χ1v) is 3.21. The molecule has 0 radical (unpaired) electrons. The molecule has 1 nitrogen and oxygen atoms in total. The number of allylic oxidation sites excluding steroid dienone is 2. The van der Waals surface area contributed by atoms with Gasteiger partial charge in [-0.1, -0.05) is 0 Å². The van der Waals surface area contributed by atoms with E-state index in [0.717, 1.165) is 0 Å². The van der Waals surface area contributed by atoms with Crippen molar-refractivity contribution in [1.29, 1.82) is 0 Å². The summed E-state index contributed by atoms with van der Waals surface area (Å²) in [7, 11) is 0. The number of hydrogen-bond donors (Lipinski definition) is 0. The minimum atomic E-state index is 0.233. The third-order valence-corrected chi connectivity index (χ3v) is 1.15. The summed E-state index contributed by atoms with van der Waals surface area (Å²) >= 11 is 2.59. The van der Waals surface area contributed by atoms with Crippen LogP contribution >= 0.6 is 0 Å². The van der Waals surface area contributed by atoms with Gasteiger partial charge >= 0.3 is 55.6 Å². The van der Waals surface area contributed by atoms with Gasteiger partial charge in [0.1, 0.15) is 0 Å². The molecule has 0 saturated heterocycles. The van der Waals surface area contributed by atoms with E-state index < -0.39 is 0 Å². The molecule has 0 aromatic carbocycles. The second-order valence-electron chi connectivity index (χ2n) is 1.48. The first-order valence-electron chi connectivity index (χ1n) is 2.35. The summed E-state index contributed by atoms with van der Waals surface area (Å²) in [4.78, 5) is 3.94. The van der Waals surface area contributed by atoms with Crippen LogP contribution in [0, 0.1) is 0 Å². The van der Waals surface area contributed by atoms with Gasteiger partial charge in [-0.15, -0.1) is 0 Å². The fraction of sp³-hybridized carbons (Fsp3) is 0.167. The maximum absolute atomic E-state index is 3.94. The first-order chi connectivity index (χ1) is 3.93. The Morgan fingerprint density at radius 1 is 1.38 bits per heavy atom. The molecule has 0 saturated carbocycles. The molecule has 0 aromatic rings. The molecule has 0 amide bonds. The third kappa shape index (κ3) is 1.28. The van der Waals surface area contributed by atoms with Crippen molar-refractivity contribution in [2.24, 2.45) is 4.99 Å². The maximum atomic E-state index is 3.94. The van der Waals surface area contributed by atoms with E-state index in [0.29, 0.717) is 0 Å². The van der Waals surface area contributed by atoms with Gasteiger partial charge in [0, 0.05) is 0 Å². The van der Waals surface area contributed by atoms with E-state index >= 15 is 0 Å². The van der Waals surface area contributed by atoms with Crippen molar-refractivity contribution < 1.29 is 0 Å². The van der Waals surface area contributed by atoms with E-state index in [1.807, 2.05) is 24.3 Å². The van der Waals surface area contributed by atoms with Crippen LogP contribution in [0.2, 0.25) is 0 Å². The SMILES string of the molecule is [Se]=C=NC1C=CC=C1. The van der Waals surface area contributed by atoms with Crippen molar-refractivity contribution in [3.8, 4) is 0 Å². The van der Waals surface area contributed by atoms with E-state index in [4.69, 9.17) is 0 Å². The van der Waals surface area contributed by atoms with Crippen LogP contribution in [0.1, 0.15) is 0 Å². The Balaban J connectivity index is 2.62. The summed E-state index contributed by atoms with van der Waals surface area (Å²) in [5, 5.41) is 0. The quantitative estimate of drug-likeness (QED) is 0.402. The van der Waals surface area contributed by atoms with Crippen LogP contribution in [0.5, 0.6) is 0 Å². The monoisotopic (exact) mass is 171 g/mol. The Kier molecular flexibility index (Phi) is 1.99. The van der Waals surface area contributed by atoms with Crippen LogP contribution < -0.4 is 0 Å². The molecule has 0 N–H and O–H groups in total. The average Bonchev–Trinajstić information content (AvgIpc) is 2.19. The molecule has 0 atom stereocenters. The van der Waals surface area contributed by atoms with Crippen LogP contribution in [0.25, 0.3) is 0 Å². The molecule has 0 aliphatic heterocycles. The van der Waals surface area contributed by atoms with Crippen molar-refractivity contribution in [2.45, 2.75) is 6.04 Å². The second kappa shape index (κ2) is 2.78. The van der Waals surface area contributed by atoms with Gasteiger partial charge in [0.05, 0.1) is 0 Å². The molecule has 0 heterocycles. The summed E-state index contributed by atoms with van der Waals surface area (Å²) < 4.78 is 2.61. The molecule has 1 aliphatic rings. The van der Waals surface area contributed by atoms with Crippen LogP contribution in [0.3, 0.4) is 0 Å². The fourth-order valence-corrected chi connectivity index (χ4v) is 0.822. The zero-order valence-corrected chi connectivity index (χ0v) is 5.96. The standard InChI is InChI=1S/C6H5NSe/c8-5-7-6-3-1-2-4-6/h1-4,6H.